The van der Waals surface area contributed by atoms with Crippen LogP contribution in [-0.4, -0.2) is 50.8 Å². The van der Waals surface area contributed by atoms with Crippen LogP contribution in [0.1, 0.15) is 25.0 Å². The molecule has 0 aromatic heterocycles. The molecule has 7 nitrogen and oxygen atoms in total. The molecule has 1 N–H and O–H groups in total. The number of hydrogen-bond acceptors (Lipinski definition) is 4. The summed E-state index contributed by atoms with van der Waals surface area (Å²) in [4.78, 5) is 27.9. The Labute approximate surface area is 224 Å². The summed E-state index contributed by atoms with van der Waals surface area (Å²) in [7, 11) is -4.14. The number of carbonyl (C=O) groups excluding carboxylic acids is 2. The molecular weight excluding hydrogens is 510 g/mol. The predicted octanol–water partition coefficient (Wildman–Crippen LogP) is 4.44. The second-order valence-electron chi connectivity index (χ2n) is 8.67. The van der Waals surface area contributed by atoms with E-state index in [2.05, 4.69) is 5.32 Å². The maximum atomic E-state index is 13.8. The highest BCUT2D eigenvalue weighted by molar-refractivity contribution is 7.92. The fourth-order valence-electron chi connectivity index (χ4n) is 3.90. The van der Waals surface area contributed by atoms with Crippen LogP contribution in [0, 0.1) is 6.92 Å². The number of rotatable bonds is 11. The monoisotopic (exact) mass is 541 g/mol. The standard InChI is InChI=1S/C28H32ClN3O4S/c1-4-30-28(34)22(3)31(19-18-23-10-6-5-7-11-23)27(33)20-32(26-13-9-8-12-25(26)29)37(35,36)24-16-14-21(2)15-17-24/h5-17,22H,4,18-20H2,1-3H3,(H,30,34). The number of benzene rings is 3. The number of halogens is 1. The minimum absolute atomic E-state index is 0.0402. The van der Waals surface area contributed by atoms with Crippen LogP contribution in [-0.2, 0) is 26.0 Å². The largest absolute Gasteiger partial charge is 0.355 e. The molecule has 0 spiro atoms. The van der Waals surface area contributed by atoms with E-state index in [1.54, 1.807) is 50.2 Å². The molecule has 3 aromatic rings. The maximum absolute atomic E-state index is 13.8. The molecule has 1 atom stereocenters. The number of sulfonamides is 1. The molecule has 0 bridgehead atoms. The molecule has 3 rings (SSSR count). The predicted molar refractivity (Wildman–Crippen MR) is 147 cm³/mol. The van der Waals surface area contributed by atoms with E-state index < -0.39 is 28.5 Å². The van der Waals surface area contributed by atoms with Crippen molar-refractivity contribution in [3.05, 3.63) is 95.0 Å². The average Bonchev–Trinajstić information content (AvgIpc) is 2.88. The first-order valence-corrected chi connectivity index (χ1v) is 13.9. The lowest BCUT2D eigenvalue weighted by Crippen LogP contribution is -2.52. The van der Waals surface area contributed by atoms with E-state index >= 15 is 0 Å². The maximum Gasteiger partial charge on any atom is 0.264 e. The van der Waals surface area contributed by atoms with Gasteiger partial charge in [-0.25, -0.2) is 8.42 Å². The van der Waals surface area contributed by atoms with Crippen molar-refractivity contribution in [3.63, 3.8) is 0 Å². The summed E-state index contributed by atoms with van der Waals surface area (Å²) in [6.07, 6.45) is 0.507. The number of aryl methyl sites for hydroxylation is 1. The lowest BCUT2D eigenvalue weighted by Gasteiger charge is -2.32. The molecule has 37 heavy (non-hydrogen) atoms. The van der Waals surface area contributed by atoms with Crippen LogP contribution < -0.4 is 9.62 Å². The molecule has 3 aromatic carbocycles. The van der Waals surface area contributed by atoms with Gasteiger partial charge in [-0.1, -0.05) is 71.8 Å². The highest BCUT2D eigenvalue weighted by atomic mass is 35.5. The smallest absolute Gasteiger partial charge is 0.264 e. The Morgan fingerprint density at radius 2 is 1.57 bits per heavy atom. The van der Waals surface area contributed by atoms with Crippen LogP contribution in [0.25, 0.3) is 0 Å². The summed E-state index contributed by atoms with van der Waals surface area (Å²) < 4.78 is 28.5. The van der Waals surface area contributed by atoms with Crippen molar-refractivity contribution in [1.82, 2.24) is 10.2 Å². The van der Waals surface area contributed by atoms with Gasteiger partial charge in [0.2, 0.25) is 11.8 Å². The minimum Gasteiger partial charge on any atom is -0.355 e. The SMILES string of the molecule is CCNC(=O)C(C)N(CCc1ccccc1)C(=O)CN(c1ccccc1Cl)S(=O)(=O)c1ccc(C)cc1. The van der Waals surface area contributed by atoms with Crippen LogP contribution in [0.3, 0.4) is 0 Å². The van der Waals surface area contributed by atoms with Crippen LogP contribution >= 0.6 is 11.6 Å². The van der Waals surface area contributed by atoms with Crippen molar-refractivity contribution in [2.24, 2.45) is 0 Å². The number of carbonyl (C=O) groups is 2. The van der Waals surface area contributed by atoms with E-state index in [9.17, 15) is 18.0 Å². The highest BCUT2D eigenvalue weighted by Crippen LogP contribution is 2.30. The third-order valence-electron chi connectivity index (χ3n) is 6.01. The van der Waals surface area contributed by atoms with Crippen molar-refractivity contribution in [3.8, 4) is 0 Å². The minimum atomic E-state index is -4.14. The fourth-order valence-corrected chi connectivity index (χ4v) is 5.62. The lowest BCUT2D eigenvalue weighted by atomic mass is 10.1. The van der Waals surface area contributed by atoms with Crippen LogP contribution in [0.15, 0.2) is 83.8 Å². The molecule has 0 aliphatic carbocycles. The molecule has 9 heteroatoms. The average molecular weight is 542 g/mol. The van der Waals surface area contributed by atoms with Gasteiger partial charge in [0.1, 0.15) is 12.6 Å². The van der Waals surface area contributed by atoms with Crippen molar-refractivity contribution in [1.29, 1.82) is 0 Å². The van der Waals surface area contributed by atoms with E-state index in [1.807, 2.05) is 37.3 Å². The fraction of sp³-hybridized carbons (Fsp3) is 0.286. The molecule has 0 saturated carbocycles. The Bertz CT molecular complexity index is 1310. The lowest BCUT2D eigenvalue weighted by molar-refractivity contribution is -0.138. The quantitative estimate of drug-likeness (QED) is 0.389. The van der Waals surface area contributed by atoms with Gasteiger partial charge in [0.15, 0.2) is 0 Å². The molecule has 1 unspecified atom stereocenters. The third kappa shape index (κ3) is 7.11. The Balaban J connectivity index is 1.98. The van der Waals surface area contributed by atoms with Gasteiger partial charge < -0.3 is 10.2 Å². The molecule has 0 saturated heterocycles. The number of nitrogens with one attached hydrogen (secondary N) is 1. The summed E-state index contributed by atoms with van der Waals surface area (Å²) >= 11 is 6.40. The molecule has 0 aliphatic heterocycles. The van der Waals surface area contributed by atoms with Crippen molar-refractivity contribution >= 4 is 39.1 Å². The molecular formula is C28H32ClN3O4S. The molecule has 0 heterocycles. The molecule has 2 amide bonds. The third-order valence-corrected chi connectivity index (χ3v) is 8.11. The Hall–Kier alpha value is -3.36. The number of hydrogen-bond donors (Lipinski definition) is 1. The Morgan fingerprint density at radius 1 is 0.946 bits per heavy atom. The Morgan fingerprint density at radius 3 is 2.19 bits per heavy atom. The normalized spacial score (nSPS) is 12.0. The van der Waals surface area contributed by atoms with Gasteiger partial charge in [-0.05, 0) is 57.0 Å². The second-order valence-corrected chi connectivity index (χ2v) is 10.9. The zero-order valence-corrected chi connectivity index (χ0v) is 22.8. The zero-order chi connectivity index (χ0) is 27.0. The highest BCUT2D eigenvalue weighted by Gasteiger charge is 2.33. The van der Waals surface area contributed by atoms with Crippen molar-refractivity contribution in [2.75, 3.05) is 23.9 Å². The zero-order valence-electron chi connectivity index (χ0n) is 21.2. The van der Waals surface area contributed by atoms with Gasteiger partial charge in [0.25, 0.3) is 10.0 Å². The van der Waals surface area contributed by atoms with Gasteiger partial charge in [-0.3, -0.25) is 13.9 Å². The summed E-state index contributed by atoms with van der Waals surface area (Å²) in [6.45, 7) is 5.44. The summed E-state index contributed by atoms with van der Waals surface area (Å²) in [6, 6.07) is 21.7. The number of likely N-dealkylation sites (N-methyl/N-ethyl adjacent to an activating group) is 1. The number of amides is 2. The summed E-state index contributed by atoms with van der Waals surface area (Å²) in [5, 5.41) is 2.94. The number of anilines is 1. The topological polar surface area (TPSA) is 86.8 Å². The van der Waals surface area contributed by atoms with Crippen LogP contribution in [0.4, 0.5) is 5.69 Å². The van der Waals surface area contributed by atoms with Crippen molar-refractivity contribution < 1.29 is 18.0 Å². The van der Waals surface area contributed by atoms with Crippen LogP contribution in [0.5, 0.6) is 0 Å². The molecule has 0 radical (unpaired) electrons. The van der Waals surface area contributed by atoms with Gasteiger partial charge in [0.05, 0.1) is 15.6 Å². The van der Waals surface area contributed by atoms with E-state index in [4.69, 9.17) is 11.6 Å². The number of para-hydroxylation sites is 1. The van der Waals surface area contributed by atoms with Gasteiger partial charge in [-0.2, -0.15) is 0 Å². The Kier molecular flexibility index (Phi) is 9.72. The van der Waals surface area contributed by atoms with E-state index in [0.29, 0.717) is 13.0 Å². The van der Waals surface area contributed by atoms with Crippen molar-refractivity contribution in [2.45, 2.75) is 38.1 Å². The van der Waals surface area contributed by atoms with Gasteiger partial charge in [0, 0.05) is 13.1 Å². The first-order valence-electron chi connectivity index (χ1n) is 12.1. The van der Waals surface area contributed by atoms with E-state index in [0.717, 1.165) is 15.4 Å². The van der Waals surface area contributed by atoms with Crippen LogP contribution in [0.2, 0.25) is 5.02 Å². The first kappa shape index (κ1) is 28.2. The van der Waals surface area contributed by atoms with Gasteiger partial charge in [-0.15, -0.1) is 0 Å². The van der Waals surface area contributed by atoms with E-state index in [-0.39, 0.29) is 28.1 Å². The van der Waals surface area contributed by atoms with E-state index in [1.165, 1.54) is 17.0 Å². The molecule has 0 aliphatic rings. The molecule has 196 valence electrons. The molecule has 0 fully saturated rings. The first-order chi connectivity index (χ1) is 17.6. The van der Waals surface area contributed by atoms with Gasteiger partial charge >= 0.3 is 0 Å². The second kappa shape index (κ2) is 12.7. The summed E-state index contributed by atoms with van der Waals surface area (Å²) in [5.41, 5.74) is 2.09. The summed E-state index contributed by atoms with van der Waals surface area (Å²) in [5.74, 6) is -0.820. The number of nitrogens with zero attached hydrogens (tertiary/aromatic N) is 2.